The molecule has 1 amide bonds. The van der Waals surface area contributed by atoms with Gasteiger partial charge in [0, 0.05) is 35.3 Å². The first-order valence-corrected chi connectivity index (χ1v) is 11.8. The number of aromatic nitrogens is 3. The van der Waals surface area contributed by atoms with Gasteiger partial charge in [-0.05, 0) is 55.2 Å². The van der Waals surface area contributed by atoms with Crippen molar-refractivity contribution in [2.24, 2.45) is 0 Å². The maximum absolute atomic E-state index is 13.9. The fourth-order valence-electron chi connectivity index (χ4n) is 4.33. The summed E-state index contributed by atoms with van der Waals surface area (Å²) in [6, 6.07) is 10.9. The number of carbonyl (C=O) groups excluding carboxylic acids is 1. The van der Waals surface area contributed by atoms with Crippen molar-refractivity contribution in [3.05, 3.63) is 77.5 Å². The lowest BCUT2D eigenvalue weighted by molar-refractivity contribution is 0.0659. The van der Waals surface area contributed by atoms with Gasteiger partial charge in [-0.1, -0.05) is 19.1 Å². The molecule has 8 heteroatoms. The number of benzene rings is 2. The number of ether oxygens (including phenoxy) is 1. The Kier molecular flexibility index (Phi) is 6.21. The molecule has 2 aromatic carbocycles. The highest BCUT2D eigenvalue weighted by atomic mass is 19.1. The minimum Gasteiger partial charge on any atom is -0.490 e. The number of hydrogen-bond acceptors (Lipinski definition) is 5. The summed E-state index contributed by atoms with van der Waals surface area (Å²) in [6.07, 6.45) is 6.16. The summed E-state index contributed by atoms with van der Waals surface area (Å²) >= 11 is 0. The third-order valence-corrected chi connectivity index (χ3v) is 6.44. The minimum atomic E-state index is -0.625. The van der Waals surface area contributed by atoms with Gasteiger partial charge in [-0.2, -0.15) is 5.10 Å². The lowest BCUT2D eigenvalue weighted by Crippen LogP contribution is -2.33. The van der Waals surface area contributed by atoms with Gasteiger partial charge in [0.25, 0.3) is 5.91 Å². The standard InChI is InChI=1S/C27H27FN4O3/c1-3-23-21-14-30-31-26(21)22(13-29-23)24(15-33)32(2)27(34)17-7-10-20(16-5-4-6-18(28)11-16)25(12-17)35-19-8-9-19/h4-7,10-14,19,24,33H,3,8-9,15H2,1-2H3,(H,30,31)/t24-/m1/s1. The number of nitrogens with one attached hydrogen (secondary N) is 1. The fourth-order valence-corrected chi connectivity index (χ4v) is 4.33. The van der Waals surface area contributed by atoms with Crippen molar-refractivity contribution in [2.45, 2.75) is 38.3 Å². The van der Waals surface area contributed by atoms with Crippen LogP contribution in [0.3, 0.4) is 0 Å². The van der Waals surface area contributed by atoms with Crippen molar-refractivity contribution in [1.29, 1.82) is 0 Å². The van der Waals surface area contributed by atoms with Gasteiger partial charge in [0.1, 0.15) is 11.6 Å². The fraction of sp³-hybridized carbons (Fsp3) is 0.296. The average molecular weight is 475 g/mol. The number of aromatic amines is 1. The van der Waals surface area contributed by atoms with Crippen LogP contribution >= 0.6 is 0 Å². The van der Waals surface area contributed by atoms with E-state index in [4.69, 9.17) is 4.74 Å². The number of amides is 1. The number of rotatable bonds is 8. The van der Waals surface area contributed by atoms with Crippen molar-refractivity contribution in [3.63, 3.8) is 0 Å². The Morgan fingerprint density at radius 2 is 2.09 bits per heavy atom. The Morgan fingerprint density at radius 1 is 1.26 bits per heavy atom. The number of nitrogens with zero attached hydrogens (tertiary/aromatic N) is 3. The third kappa shape index (κ3) is 4.49. The highest BCUT2D eigenvalue weighted by Crippen LogP contribution is 2.37. The molecule has 1 saturated carbocycles. The van der Waals surface area contributed by atoms with Crippen LogP contribution < -0.4 is 4.74 Å². The van der Waals surface area contributed by atoms with Crippen LogP contribution in [0.5, 0.6) is 5.75 Å². The Bertz CT molecular complexity index is 1380. The van der Waals surface area contributed by atoms with Gasteiger partial charge < -0.3 is 14.7 Å². The normalized spacial score (nSPS) is 14.2. The van der Waals surface area contributed by atoms with E-state index in [1.165, 1.54) is 17.0 Å². The van der Waals surface area contributed by atoms with Crippen molar-refractivity contribution >= 4 is 16.8 Å². The smallest absolute Gasteiger partial charge is 0.254 e. The number of H-pyrrole nitrogens is 1. The summed E-state index contributed by atoms with van der Waals surface area (Å²) in [5.41, 5.74) is 4.19. The van der Waals surface area contributed by atoms with Crippen LogP contribution in [-0.4, -0.2) is 50.9 Å². The molecular weight excluding hydrogens is 447 g/mol. The summed E-state index contributed by atoms with van der Waals surface area (Å²) in [4.78, 5) is 19.6. The van der Waals surface area contributed by atoms with Gasteiger partial charge in [-0.25, -0.2) is 4.39 Å². The van der Waals surface area contributed by atoms with E-state index in [1.807, 2.05) is 13.0 Å². The second kappa shape index (κ2) is 9.46. The molecule has 0 unspecified atom stereocenters. The predicted molar refractivity (Wildman–Crippen MR) is 131 cm³/mol. The number of pyridine rings is 1. The van der Waals surface area contributed by atoms with Gasteiger partial charge in [-0.3, -0.25) is 14.9 Å². The van der Waals surface area contributed by atoms with Crippen LogP contribution in [0.25, 0.3) is 22.0 Å². The summed E-state index contributed by atoms with van der Waals surface area (Å²) in [5.74, 6) is -0.0658. The third-order valence-electron chi connectivity index (χ3n) is 6.44. The minimum absolute atomic E-state index is 0.104. The predicted octanol–water partition coefficient (Wildman–Crippen LogP) is 4.67. The number of aliphatic hydroxyl groups is 1. The summed E-state index contributed by atoms with van der Waals surface area (Å²) in [5, 5.41) is 18.3. The molecule has 1 fully saturated rings. The Morgan fingerprint density at radius 3 is 2.80 bits per heavy atom. The van der Waals surface area contributed by atoms with E-state index in [2.05, 4.69) is 15.2 Å². The van der Waals surface area contributed by atoms with Crippen LogP contribution in [-0.2, 0) is 6.42 Å². The van der Waals surface area contributed by atoms with E-state index < -0.39 is 6.04 Å². The van der Waals surface area contributed by atoms with Gasteiger partial charge in [0.2, 0.25) is 0 Å². The molecule has 4 aromatic rings. The molecule has 5 rings (SSSR count). The molecule has 1 aliphatic carbocycles. The van der Waals surface area contributed by atoms with E-state index in [9.17, 15) is 14.3 Å². The van der Waals surface area contributed by atoms with Gasteiger partial charge in [0.15, 0.2) is 0 Å². The second-order valence-electron chi connectivity index (χ2n) is 8.83. The van der Waals surface area contributed by atoms with Crippen LogP contribution in [0, 0.1) is 5.82 Å². The molecule has 0 spiro atoms. The number of aryl methyl sites for hydroxylation is 1. The first-order chi connectivity index (χ1) is 17.0. The van der Waals surface area contributed by atoms with E-state index >= 15 is 0 Å². The Labute approximate surface area is 202 Å². The zero-order chi connectivity index (χ0) is 24.5. The lowest BCUT2D eigenvalue weighted by atomic mass is 10.0. The molecule has 2 aromatic heterocycles. The molecule has 35 heavy (non-hydrogen) atoms. The lowest BCUT2D eigenvalue weighted by Gasteiger charge is -2.27. The highest BCUT2D eigenvalue weighted by Gasteiger charge is 2.28. The molecule has 1 atom stereocenters. The first kappa shape index (κ1) is 23.0. The van der Waals surface area contributed by atoms with E-state index in [0.29, 0.717) is 22.4 Å². The molecule has 180 valence electrons. The molecule has 0 radical (unpaired) electrons. The topological polar surface area (TPSA) is 91.3 Å². The Hall–Kier alpha value is -3.78. The Balaban J connectivity index is 1.49. The van der Waals surface area contributed by atoms with Crippen molar-refractivity contribution in [3.8, 4) is 16.9 Å². The van der Waals surface area contributed by atoms with Crippen LogP contribution in [0.1, 0.15) is 47.4 Å². The molecule has 1 aliphatic rings. The quantitative estimate of drug-likeness (QED) is 0.387. The first-order valence-electron chi connectivity index (χ1n) is 11.8. The van der Waals surface area contributed by atoms with Crippen molar-refractivity contribution in [1.82, 2.24) is 20.1 Å². The molecule has 2 heterocycles. The SMILES string of the molecule is CCc1ncc([C@@H](CO)N(C)C(=O)c2ccc(-c3cccc(F)c3)c(OC3CC3)c2)c2[nH]ncc12. The number of fused-ring (bicyclic) bond motifs is 1. The zero-order valence-corrected chi connectivity index (χ0v) is 19.7. The number of halogens is 1. The second-order valence-corrected chi connectivity index (χ2v) is 8.83. The highest BCUT2D eigenvalue weighted by molar-refractivity contribution is 5.96. The molecule has 2 N–H and O–H groups in total. The number of carbonyl (C=O) groups is 1. The summed E-state index contributed by atoms with van der Waals surface area (Å²) in [6.45, 7) is 1.73. The molecule has 0 saturated heterocycles. The average Bonchev–Trinajstić information content (AvgIpc) is 3.55. The number of hydrogen-bond donors (Lipinski definition) is 2. The summed E-state index contributed by atoms with van der Waals surface area (Å²) in [7, 11) is 1.65. The number of likely N-dealkylation sites (N-methyl/N-ethyl adjacent to an activating group) is 1. The summed E-state index contributed by atoms with van der Waals surface area (Å²) < 4.78 is 20.0. The van der Waals surface area contributed by atoms with Crippen LogP contribution in [0.2, 0.25) is 0 Å². The van der Waals surface area contributed by atoms with Crippen LogP contribution in [0.4, 0.5) is 4.39 Å². The maximum atomic E-state index is 13.9. The van der Waals surface area contributed by atoms with Gasteiger partial charge in [0.05, 0.1) is 36.2 Å². The number of aliphatic hydroxyl groups excluding tert-OH is 1. The largest absolute Gasteiger partial charge is 0.490 e. The van der Waals surface area contributed by atoms with Gasteiger partial charge in [-0.15, -0.1) is 0 Å². The maximum Gasteiger partial charge on any atom is 0.254 e. The molecule has 0 aliphatic heterocycles. The molecular formula is C27H27FN4O3. The van der Waals surface area contributed by atoms with Crippen molar-refractivity contribution < 1.29 is 19.0 Å². The zero-order valence-electron chi connectivity index (χ0n) is 19.7. The monoisotopic (exact) mass is 474 g/mol. The molecule has 7 nitrogen and oxygen atoms in total. The van der Waals surface area contributed by atoms with Gasteiger partial charge >= 0.3 is 0 Å². The van der Waals surface area contributed by atoms with Crippen LogP contribution in [0.15, 0.2) is 54.9 Å². The van der Waals surface area contributed by atoms with E-state index in [1.54, 1.807) is 43.7 Å². The van der Waals surface area contributed by atoms with E-state index in [-0.39, 0.29) is 24.4 Å². The molecule has 0 bridgehead atoms. The van der Waals surface area contributed by atoms with Crippen molar-refractivity contribution in [2.75, 3.05) is 13.7 Å². The van der Waals surface area contributed by atoms with E-state index in [0.717, 1.165) is 41.4 Å².